The Morgan fingerprint density at radius 1 is 0.905 bits per heavy atom. The predicted octanol–water partition coefficient (Wildman–Crippen LogP) is 6.85. The molecule has 0 aliphatic carbocycles. The fourth-order valence-corrected chi connectivity index (χ4v) is 4.97. The van der Waals surface area contributed by atoms with Crippen LogP contribution in [0.15, 0.2) is 36.4 Å². The second-order valence-electron chi connectivity index (χ2n) is 11.3. The van der Waals surface area contributed by atoms with Gasteiger partial charge in [0.1, 0.15) is 28.3 Å². The standard InChI is InChI=1S/C32H45N3O6S/c1-32(2,3)41-31(39)35-27(30(37)38)22-24-14-16-25(17-15-24)40-21-13-11-9-7-5-4-6-8-10-12-20-34-29(36)28-19-18-26(23-33)42-28/h14-19,27H,4-13,20-22H2,1-3H3,(H,34,36)(H,35,39)(H,37,38). The number of nitrogens with zero attached hydrogens (tertiary/aromatic N) is 1. The Balaban J connectivity index is 1.46. The average Bonchev–Trinajstić information content (AvgIpc) is 3.42. The summed E-state index contributed by atoms with van der Waals surface area (Å²) in [6.07, 6.45) is 10.8. The molecule has 42 heavy (non-hydrogen) atoms. The average molecular weight is 600 g/mol. The zero-order valence-corrected chi connectivity index (χ0v) is 25.9. The molecule has 0 saturated carbocycles. The minimum absolute atomic E-state index is 0.0953. The van der Waals surface area contributed by atoms with Gasteiger partial charge in [-0.15, -0.1) is 11.3 Å². The van der Waals surface area contributed by atoms with Crippen molar-refractivity contribution in [3.05, 3.63) is 51.7 Å². The van der Waals surface area contributed by atoms with E-state index in [1.165, 1.54) is 49.9 Å². The quantitative estimate of drug-likeness (QED) is 0.150. The molecule has 1 unspecified atom stereocenters. The van der Waals surface area contributed by atoms with E-state index in [4.69, 9.17) is 14.7 Å². The lowest BCUT2D eigenvalue weighted by Crippen LogP contribution is -2.44. The lowest BCUT2D eigenvalue weighted by atomic mass is 10.1. The van der Waals surface area contributed by atoms with E-state index in [-0.39, 0.29) is 12.3 Å². The Bertz CT molecular complexity index is 1150. The number of hydrogen-bond donors (Lipinski definition) is 3. The van der Waals surface area contributed by atoms with Crippen molar-refractivity contribution < 1.29 is 29.0 Å². The summed E-state index contributed by atoms with van der Waals surface area (Å²) < 4.78 is 11.0. The van der Waals surface area contributed by atoms with E-state index in [0.29, 0.717) is 22.9 Å². The summed E-state index contributed by atoms with van der Waals surface area (Å²) in [5, 5.41) is 23.6. The lowest BCUT2D eigenvalue weighted by Gasteiger charge is -2.22. The molecule has 10 heteroatoms. The minimum Gasteiger partial charge on any atom is -0.494 e. The highest BCUT2D eigenvalue weighted by Crippen LogP contribution is 2.17. The zero-order chi connectivity index (χ0) is 30.8. The van der Waals surface area contributed by atoms with Gasteiger partial charge in [0.05, 0.1) is 11.5 Å². The van der Waals surface area contributed by atoms with E-state index in [2.05, 4.69) is 16.7 Å². The molecule has 2 amide bonds. The van der Waals surface area contributed by atoms with Gasteiger partial charge in [-0.25, -0.2) is 9.59 Å². The number of benzene rings is 1. The maximum atomic E-state index is 12.0. The molecule has 0 radical (unpaired) electrons. The number of unbranched alkanes of at least 4 members (excludes halogenated alkanes) is 9. The molecule has 1 aromatic carbocycles. The van der Waals surface area contributed by atoms with Crippen LogP contribution >= 0.6 is 11.3 Å². The summed E-state index contributed by atoms with van der Waals surface area (Å²) in [7, 11) is 0. The molecule has 0 fully saturated rings. The number of alkyl carbamates (subject to hydrolysis) is 1. The first kappa shape index (κ1) is 34.6. The molecule has 1 atom stereocenters. The molecule has 3 N–H and O–H groups in total. The largest absolute Gasteiger partial charge is 0.494 e. The number of thiophene rings is 1. The number of rotatable bonds is 19. The van der Waals surface area contributed by atoms with Gasteiger partial charge in [0, 0.05) is 13.0 Å². The number of ether oxygens (including phenoxy) is 2. The van der Waals surface area contributed by atoms with E-state index in [1.807, 2.05) is 24.3 Å². The molecule has 230 valence electrons. The van der Waals surface area contributed by atoms with Gasteiger partial charge in [0.2, 0.25) is 0 Å². The smallest absolute Gasteiger partial charge is 0.408 e. The van der Waals surface area contributed by atoms with Crippen LogP contribution in [0.25, 0.3) is 0 Å². The van der Waals surface area contributed by atoms with Crippen LogP contribution in [-0.4, -0.2) is 47.9 Å². The third kappa shape index (κ3) is 14.9. The first-order valence-corrected chi connectivity index (χ1v) is 15.6. The number of carbonyl (C=O) groups is 3. The van der Waals surface area contributed by atoms with Gasteiger partial charge in [0.25, 0.3) is 5.91 Å². The first-order chi connectivity index (χ1) is 20.1. The Morgan fingerprint density at radius 2 is 1.50 bits per heavy atom. The topological polar surface area (TPSA) is 138 Å². The Morgan fingerprint density at radius 3 is 2.05 bits per heavy atom. The number of carbonyl (C=O) groups excluding carboxylic acids is 2. The zero-order valence-electron chi connectivity index (χ0n) is 25.1. The Labute approximate surface area is 253 Å². The summed E-state index contributed by atoms with van der Waals surface area (Å²) in [5.74, 6) is -0.474. The van der Waals surface area contributed by atoms with Crippen LogP contribution in [0.5, 0.6) is 5.75 Å². The normalized spacial score (nSPS) is 11.8. The van der Waals surface area contributed by atoms with E-state index in [9.17, 15) is 19.5 Å². The van der Waals surface area contributed by atoms with Crippen LogP contribution in [0.4, 0.5) is 4.79 Å². The van der Waals surface area contributed by atoms with Gasteiger partial charge >= 0.3 is 12.1 Å². The van der Waals surface area contributed by atoms with Crippen LogP contribution in [0.3, 0.4) is 0 Å². The SMILES string of the molecule is CC(C)(C)OC(=O)NC(Cc1ccc(OCCCCCCCCCCCCNC(=O)c2ccc(C#N)s2)cc1)C(=O)O. The molecule has 2 aromatic rings. The van der Waals surface area contributed by atoms with Gasteiger partial charge in [-0.3, -0.25) is 4.79 Å². The Hall–Kier alpha value is -3.58. The third-order valence-corrected chi connectivity index (χ3v) is 7.41. The molecule has 0 aliphatic heterocycles. The summed E-state index contributed by atoms with van der Waals surface area (Å²) in [6, 6.07) is 11.6. The van der Waals surface area contributed by atoms with Crippen molar-refractivity contribution in [1.82, 2.24) is 10.6 Å². The fourth-order valence-electron chi connectivity index (χ4n) is 4.25. The molecular weight excluding hydrogens is 554 g/mol. The van der Waals surface area contributed by atoms with Crippen LogP contribution in [-0.2, 0) is 16.0 Å². The van der Waals surface area contributed by atoms with Gasteiger partial charge in [-0.05, 0) is 63.4 Å². The van der Waals surface area contributed by atoms with Crippen LogP contribution in [0.1, 0.15) is 105 Å². The van der Waals surface area contributed by atoms with Crippen LogP contribution in [0.2, 0.25) is 0 Å². The van der Waals surface area contributed by atoms with Crippen molar-refractivity contribution in [1.29, 1.82) is 5.26 Å². The molecule has 2 rings (SSSR count). The number of nitriles is 1. The summed E-state index contributed by atoms with van der Waals surface area (Å²) in [6.45, 7) is 6.48. The molecule has 9 nitrogen and oxygen atoms in total. The monoisotopic (exact) mass is 599 g/mol. The molecule has 1 aromatic heterocycles. The highest BCUT2D eigenvalue weighted by Gasteiger charge is 2.24. The van der Waals surface area contributed by atoms with Crippen LogP contribution in [0, 0.1) is 11.3 Å². The summed E-state index contributed by atoms with van der Waals surface area (Å²) in [5.41, 5.74) is 0.0789. The van der Waals surface area contributed by atoms with Gasteiger partial charge < -0.3 is 25.2 Å². The van der Waals surface area contributed by atoms with E-state index >= 15 is 0 Å². The number of carboxylic acid groups (broad SMARTS) is 1. The summed E-state index contributed by atoms with van der Waals surface area (Å²) in [4.78, 5) is 36.7. The van der Waals surface area contributed by atoms with Crippen molar-refractivity contribution in [3.8, 4) is 11.8 Å². The summed E-state index contributed by atoms with van der Waals surface area (Å²) >= 11 is 1.22. The second kappa shape index (κ2) is 18.8. The molecule has 0 aliphatic rings. The van der Waals surface area contributed by atoms with Crippen molar-refractivity contribution in [3.63, 3.8) is 0 Å². The lowest BCUT2D eigenvalue weighted by molar-refractivity contribution is -0.139. The molecule has 0 saturated heterocycles. The fraction of sp³-hybridized carbons (Fsp3) is 0.562. The number of hydrogen-bond acceptors (Lipinski definition) is 7. The van der Waals surface area contributed by atoms with E-state index in [0.717, 1.165) is 37.0 Å². The molecule has 1 heterocycles. The maximum Gasteiger partial charge on any atom is 0.408 e. The van der Waals surface area contributed by atoms with Gasteiger partial charge in [-0.2, -0.15) is 5.26 Å². The molecular formula is C32H45N3O6S. The van der Waals surface area contributed by atoms with Crippen molar-refractivity contribution in [2.24, 2.45) is 0 Å². The predicted molar refractivity (Wildman–Crippen MR) is 164 cm³/mol. The Kier molecular flexibility index (Phi) is 15.5. The highest BCUT2D eigenvalue weighted by atomic mass is 32.1. The molecule has 0 spiro atoms. The van der Waals surface area contributed by atoms with E-state index in [1.54, 1.807) is 32.9 Å². The number of nitrogens with one attached hydrogen (secondary N) is 2. The number of amides is 2. The minimum atomic E-state index is -1.12. The highest BCUT2D eigenvalue weighted by molar-refractivity contribution is 7.14. The van der Waals surface area contributed by atoms with Gasteiger partial charge in [-0.1, -0.05) is 63.5 Å². The first-order valence-electron chi connectivity index (χ1n) is 14.8. The maximum absolute atomic E-state index is 12.0. The van der Waals surface area contributed by atoms with Crippen molar-refractivity contribution in [2.45, 2.75) is 103 Å². The number of carboxylic acids is 1. The molecule has 0 bridgehead atoms. The second-order valence-corrected chi connectivity index (χ2v) is 12.4. The number of aliphatic carboxylic acids is 1. The third-order valence-electron chi connectivity index (χ3n) is 6.42. The van der Waals surface area contributed by atoms with Crippen molar-refractivity contribution >= 4 is 29.3 Å². The van der Waals surface area contributed by atoms with E-state index < -0.39 is 23.7 Å². The van der Waals surface area contributed by atoms with Gasteiger partial charge in [0.15, 0.2) is 0 Å². The van der Waals surface area contributed by atoms with Crippen LogP contribution < -0.4 is 15.4 Å². The van der Waals surface area contributed by atoms with Crippen molar-refractivity contribution in [2.75, 3.05) is 13.2 Å².